The van der Waals surface area contributed by atoms with Crippen LogP contribution in [0.25, 0.3) is 27.4 Å². The van der Waals surface area contributed by atoms with Crippen molar-refractivity contribution >= 4 is 45.1 Å². The molecule has 1 fully saturated rings. The number of aliphatic hydroxyl groups is 1. The van der Waals surface area contributed by atoms with E-state index in [-0.39, 0.29) is 30.4 Å². The summed E-state index contributed by atoms with van der Waals surface area (Å²) in [7, 11) is 0. The molecule has 2 atom stereocenters. The first-order valence-corrected chi connectivity index (χ1v) is 12.4. The molecule has 2 aromatic heterocycles. The minimum absolute atomic E-state index is 0.0783. The Morgan fingerprint density at radius 3 is 2.82 bits per heavy atom. The summed E-state index contributed by atoms with van der Waals surface area (Å²) in [5, 5.41) is 13.5. The van der Waals surface area contributed by atoms with E-state index in [1.807, 2.05) is 19.1 Å². The number of hydrogen-bond donors (Lipinski definition) is 3. The van der Waals surface area contributed by atoms with Gasteiger partial charge in [-0.3, -0.25) is 9.98 Å². The Balaban J connectivity index is 1.60. The summed E-state index contributed by atoms with van der Waals surface area (Å²) in [6.45, 7) is 4.95. The van der Waals surface area contributed by atoms with Crippen molar-refractivity contribution in [2.45, 2.75) is 26.0 Å². The summed E-state index contributed by atoms with van der Waals surface area (Å²) in [4.78, 5) is 17.5. The maximum absolute atomic E-state index is 15.4. The summed E-state index contributed by atoms with van der Waals surface area (Å²) < 4.78 is 27.2. The summed E-state index contributed by atoms with van der Waals surface area (Å²) in [5.74, 6) is 0.739. The van der Waals surface area contributed by atoms with Gasteiger partial charge >= 0.3 is 0 Å². The highest BCUT2D eigenvalue weighted by Crippen LogP contribution is 2.37. The van der Waals surface area contributed by atoms with Gasteiger partial charge in [0.25, 0.3) is 0 Å². The average Bonchev–Trinajstić information content (AvgIpc) is 2.89. The van der Waals surface area contributed by atoms with Crippen molar-refractivity contribution in [2.24, 2.45) is 16.6 Å². The molecule has 3 heterocycles. The van der Waals surface area contributed by atoms with Crippen LogP contribution in [0.4, 0.5) is 15.9 Å². The summed E-state index contributed by atoms with van der Waals surface area (Å²) in [6.07, 6.45) is 5.96. The average molecular weight is 517 g/mol. The van der Waals surface area contributed by atoms with E-state index in [0.29, 0.717) is 52.2 Å². The van der Waals surface area contributed by atoms with Gasteiger partial charge in [0.05, 0.1) is 48.0 Å². The van der Waals surface area contributed by atoms with E-state index in [1.165, 1.54) is 12.5 Å². The number of benzene rings is 2. The maximum Gasteiger partial charge on any atom is 0.156 e. The van der Waals surface area contributed by atoms with Crippen molar-refractivity contribution in [3.8, 4) is 5.75 Å². The molecule has 0 amide bonds. The fourth-order valence-electron chi connectivity index (χ4n) is 4.14. The van der Waals surface area contributed by atoms with Crippen molar-refractivity contribution in [3.63, 3.8) is 0 Å². The molecule has 0 spiro atoms. The lowest BCUT2D eigenvalue weighted by Gasteiger charge is -2.32. The van der Waals surface area contributed by atoms with Gasteiger partial charge < -0.3 is 25.6 Å². The standard InChI is InChI=1S/C28H29FN6O3/c1-16(12-36)32-11-19(10-30)18-8-24-26(25(9-18)38-17(2)20-13-37-14-20)28(34-15-33-24)35-23-6-5-22-21(27(23)29)4-3-7-31-22/h3-11,15-17,20,36H,12-14,30H2,1-2H3,(H,33,34,35)/b19-10+,32-11?/t16-,17-/m1/s1. The minimum Gasteiger partial charge on any atom is -0.489 e. The van der Waals surface area contributed by atoms with E-state index in [1.54, 1.807) is 43.6 Å². The smallest absolute Gasteiger partial charge is 0.156 e. The Hall–Kier alpha value is -4.15. The number of aliphatic hydroxyl groups excluding tert-OH is 1. The van der Waals surface area contributed by atoms with Gasteiger partial charge in [0.2, 0.25) is 0 Å². The number of nitrogens with two attached hydrogens (primary N) is 1. The molecule has 0 aliphatic carbocycles. The highest BCUT2D eigenvalue weighted by atomic mass is 19.1. The molecule has 1 aliphatic rings. The van der Waals surface area contributed by atoms with E-state index >= 15 is 4.39 Å². The number of nitrogens with one attached hydrogen (secondary N) is 1. The highest BCUT2D eigenvalue weighted by Gasteiger charge is 2.28. The van der Waals surface area contributed by atoms with Crippen molar-refractivity contribution in [1.29, 1.82) is 0 Å². The van der Waals surface area contributed by atoms with Crippen LogP contribution < -0.4 is 15.8 Å². The van der Waals surface area contributed by atoms with Crippen LogP contribution in [0.15, 0.2) is 60.1 Å². The van der Waals surface area contributed by atoms with Crippen LogP contribution in [0, 0.1) is 11.7 Å². The van der Waals surface area contributed by atoms with Gasteiger partial charge in [-0.2, -0.15) is 0 Å². The van der Waals surface area contributed by atoms with Gasteiger partial charge in [-0.15, -0.1) is 0 Å². The molecular weight excluding hydrogens is 487 g/mol. The molecule has 1 saturated heterocycles. The Kier molecular flexibility index (Phi) is 7.43. The third-order valence-electron chi connectivity index (χ3n) is 6.56. The van der Waals surface area contributed by atoms with Crippen molar-refractivity contribution in [2.75, 3.05) is 25.1 Å². The molecule has 10 heteroatoms. The largest absolute Gasteiger partial charge is 0.489 e. The molecule has 0 bridgehead atoms. The molecule has 4 aromatic rings. The van der Waals surface area contributed by atoms with Gasteiger partial charge in [0.1, 0.15) is 24.0 Å². The van der Waals surface area contributed by atoms with Gasteiger partial charge in [-0.1, -0.05) is 0 Å². The van der Waals surface area contributed by atoms with Crippen LogP contribution in [0.5, 0.6) is 5.75 Å². The van der Waals surface area contributed by atoms with Gasteiger partial charge in [-0.05, 0) is 55.8 Å². The van der Waals surface area contributed by atoms with Crippen molar-refractivity contribution in [1.82, 2.24) is 15.0 Å². The molecule has 1 aliphatic heterocycles. The first-order valence-electron chi connectivity index (χ1n) is 12.4. The Morgan fingerprint density at radius 2 is 2.08 bits per heavy atom. The van der Waals surface area contributed by atoms with Crippen LogP contribution in [0.2, 0.25) is 0 Å². The number of ether oxygens (including phenoxy) is 2. The van der Waals surface area contributed by atoms with E-state index in [4.69, 9.17) is 15.2 Å². The SMILES string of the molecule is C[C@H](CO)N=C/C(=C\N)c1cc(O[C@H](C)C2COC2)c2c(Nc3ccc4ncccc4c3F)ncnc2c1. The first-order chi connectivity index (χ1) is 18.5. The minimum atomic E-state index is -0.427. The molecule has 196 valence electrons. The zero-order valence-electron chi connectivity index (χ0n) is 21.1. The number of aliphatic imine (C=N–C) groups is 1. The van der Waals surface area contributed by atoms with Crippen LogP contribution >= 0.6 is 0 Å². The number of allylic oxidation sites excluding steroid dienone is 1. The van der Waals surface area contributed by atoms with E-state index in [2.05, 4.69) is 25.3 Å². The number of anilines is 2. The van der Waals surface area contributed by atoms with Crippen molar-refractivity contribution < 1.29 is 19.0 Å². The Morgan fingerprint density at radius 1 is 1.24 bits per heavy atom. The normalized spacial score (nSPS) is 16.1. The van der Waals surface area contributed by atoms with Gasteiger partial charge in [0, 0.05) is 35.5 Å². The molecule has 5 rings (SSSR count). The second-order valence-corrected chi connectivity index (χ2v) is 9.27. The second kappa shape index (κ2) is 11.1. The first kappa shape index (κ1) is 25.5. The Labute approximate surface area is 219 Å². The van der Waals surface area contributed by atoms with E-state index in [0.717, 1.165) is 5.56 Å². The number of aromatic nitrogens is 3. The lowest BCUT2D eigenvalue weighted by Crippen LogP contribution is -2.39. The molecule has 38 heavy (non-hydrogen) atoms. The topological polar surface area (TPSA) is 128 Å². The summed E-state index contributed by atoms with van der Waals surface area (Å²) >= 11 is 0. The predicted molar refractivity (Wildman–Crippen MR) is 146 cm³/mol. The quantitative estimate of drug-likeness (QED) is 0.282. The Bertz CT molecular complexity index is 1520. The lowest BCUT2D eigenvalue weighted by atomic mass is 10.0. The number of halogens is 1. The third-order valence-corrected chi connectivity index (χ3v) is 6.56. The molecule has 0 unspecified atom stereocenters. The van der Waals surface area contributed by atoms with Crippen molar-refractivity contribution in [3.05, 3.63) is 66.5 Å². The molecule has 0 saturated carbocycles. The van der Waals surface area contributed by atoms with Gasteiger partial charge in [-0.25, -0.2) is 14.4 Å². The molecular formula is C28H29FN6O3. The lowest BCUT2D eigenvalue weighted by molar-refractivity contribution is -0.0773. The predicted octanol–water partition coefficient (Wildman–Crippen LogP) is 4.23. The van der Waals surface area contributed by atoms with Gasteiger partial charge in [0.15, 0.2) is 5.82 Å². The second-order valence-electron chi connectivity index (χ2n) is 9.27. The molecule has 0 radical (unpaired) electrons. The van der Waals surface area contributed by atoms with E-state index < -0.39 is 5.82 Å². The number of nitrogens with zero attached hydrogens (tertiary/aromatic N) is 4. The number of rotatable bonds is 9. The summed E-state index contributed by atoms with van der Waals surface area (Å²) in [6, 6.07) is 10.2. The monoisotopic (exact) mass is 516 g/mol. The maximum atomic E-state index is 15.4. The van der Waals surface area contributed by atoms with E-state index in [9.17, 15) is 5.11 Å². The van der Waals surface area contributed by atoms with Crippen LogP contribution in [0.3, 0.4) is 0 Å². The number of pyridine rings is 1. The highest BCUT2D eigenvalue weighted by molar-refractivity contribution is 6.11. The van der Waals surface area contributed by atoms with Crippen LogP contribution in [-0.2, 0) is 4.74 Å². The van der Waals surface area contributed by atoms with Crippen LogP contribution in [0.1, 0.15) is 19.4 Å². The summed E-state index contributed by atoms with van der Waals surface area (Å²) in [5.41, 5.74) is 8.70. The number of hydrogen-bond acceptors (Lipinski definition) is 9. The zero-order valence-corrected chi connectivity index (χ0v) is 21.1. The molecule has 2 aromatic carbocycles. The third kappa shape index (κ3) is 5.13. The fraction of sp³-hybridized carbons (Fsp3) is 0.286. The van der Waals surface area contributed by atoms with Crippen LogP contribution in [-0.4, -0.2) is 58.2 Å². The zero-order chi connectivity index (χ0) is 26.6. The molecule has 9 nitrogen and oxygen atoms in total. The molecule has 4 N–H and O–H groups in total. The fourth-order valence-corrected chi connectivity index (χ4v) is 4.14. The number of fused-ring (bicyclic) bond motifs is 2.